The van der Waals surface area contributed by atoms with E-state index < -0.39 is 23.7 Å². The van der Waals surface area contributed by atoms with E-state index in [1.54, 1.807) is 13.8 Å². The summed E-state index contributed by atoms with van der Waals surface area (Å²) in [7, 11) is 0. The number of amides is 1. The quantitative estimate of drug-likeness (QED) is 0.410. The van der Waals surface area contributed by atoms with Gasteiger partial charge in [-0.15, -0.1) is 11.3 Å². The number of aromatic amines is 1. The molecular formula is C24H20F3N3O2S. The summed E-state index contributed by atoms with van der Waals surface area (Å²) in [6, 6.07) is 13.7. The Kier molecular flexibility index (Phi) is 6.07. The summed E-state index contributed by atoms with van der Waals surface area (Å²) in [6.45, 7) is 3.27. The molecule has 2 N–H and O–H groups in total. The summed E-state index contributed by atoms with van der Waals surface area (Å²) < 4.78 is 39.0. The van der Waals surface area contributed by atoms with E-state index in [9.17, 15) is 22.8 Å². The zero-order chi connectivity index (χ0) is 23.8. The third-order valence-corrected chi connectivity index (χ3v) is 6.52. The molecule has 0 aliphatic rings. The fourth-order valence-electron chi connectivity index (χ4n) is 3.61. The summed E-state index contributed by atoms with van der Waals surface area (Å²) in [5.74, 6) is 0.0219. The van der Waals surface area contributed by atoms with E-state index in [4.69, 9.17) is 0 Å². The predicted molar refractivity (Wildman–Crippen MR) is 122 cm³/mol. The van der Waals surface area contributed by atoms with Crippen molar-refractivity contribution in [2.24, 2.45) is 0 Å². The molecule has 0 aliphatic heterocycles. The van der Waals surface area contributed by atoms with Crippen molar-refractivity contribution in [3.63, 3.8) is 0 Å². The van der Waals surface area contributed by atoms with Gasteiger partial charge < -0.3 is 10.3 Å². The molecule has 2 aromatic heterocycles. The van der Waals surface area contributed by atoms with Crippen molar-refractivity contribution < 1.29 is 18.0 Å². The maximum Gasteiger partial charge on any atom is 0.416 e. The van der Waals surface area contributed by atoms with Crippen LogP contribution in [-0.4, -0.2) is 15.9 Å². The van der Waals surface area contributed by atoms with Crippen LogP contribution in [-0.2, 0) is 12.6 Å². The zero-order valence-corrected chi connectivity index (χ0v) is 18.6. The molecule has 2 aromatic carbocycles. The normalized spacial score (nSPS) is 12.6. The Bertz CT molecular complexity index is 1380. The lowest BCUT2D eigenvalue weighted by Gasteiger charge is -2.16. The molecule has 5 nitrogen and oxygen atoms in total. The van der Waals surface area contributed by atoms with Gasteiger partial charge in [0.2, 0.25) is 0 Å². The Morgan fingerprint density at radius 3 is 2.58 bits per heavy atom. The summed E-state index contributed by atoms with van der Waals surface area (Å²) >= 11 is 1.09. The molecule has 9 heteroatoms. The smallest absolute Gasteiger partial charge is 0.345 e. The van der Waals surface area contributed by atoms with Crippen LogP contribution < -0.4 is 10.9 Å². The second-order valence-corrected chi connectivity index (χ2v) is 8.73. The van der Waals surface area contributed by atoms with E-state index in [2.05, 4.69) is 15.3 Å². The van der Waals surface area contributed by atoms with Gasteiger partial charge in [0.05, 0.1) is 21.9 Å². The average molecular weight is 472 g/mol. The highest BCUT2D eigenvalue weighted by molar-refractivity contribution is 7.20. The molecule has 0 spiro atoms. The maximum atomic E-state index is 13.0. The summed E-state index contributed by atoms with van der Waals surface area (Å²) in [5.41, 5.74) is 0.702. The maximum absolute atomic E-state index is 13.0. The first-order valence-corrected chi connectivity index (χ1v) is 11.0. The van der Waals surface area contributed by atoms with E-state index in [0.29, 0.717) is 38.5 Å². The van der Waals surface area contributed by atoms with Crippen LogP contribution in [0.25, 0.3) is 10.2 Å². The van der Waals surface area contributed by atoms with E-state index in [1.807, 2.05) is 30.3 Å². The lowest BCUT2D eigenvalue weighted by Crippen LogP contribution is -2.26. The van der Waals surface area contributed by atoms with Crippen LogP contribution in [0.15, 0.2) is 59.4 Å². The fourth-order valence-corrected chi connectivity index (χ4v) is 4.71. The van der Waals surface area contributed by atoms with Gasteiger partial charge >= 0.3 is 6.18 Å². The number of nitrogens with zero attached hydrogens (tertiary/aromatic N) is 1. The SMILES string of the molecule is Cc1c(C(=O)NC(C)c2cccc(C(F)(F)F)c2)sc2nc(Cc3ccccc3)[nH]c(=O)c12. The number of halogens is 3. The van der Waals surface area contributed by atoms with E-state index in [0.717, 1.165) is 29.0 Å². The minimum absolute atomic E-state index is 0.304. The second-order valence-electron chi connectivity index (χ2n) is 7.73. The lowest BCUT2D eigenvalue weighted by atomic mass is 10.0. The molecule has 0 bridgehead atoms. The Hall–Kier alpha value is -3.46. The van der Waals surface area contributed by atoms with E-state index in [-0.39, 0.29) is 5.56 Å². The molecule has 33 heavy (non-hydrogen) atoms. The number of H-pyrrole nitrogens is 1. The minimum Gasteiger partial charge on any atom is -0.345 e. The Labute approximate surface area is 191 Å². The van der Waals surface area contributed by atoms with Gasteiger partial charge in [0.25, 0.3) is 11.5 Å². The first-order valence-electron chi connectivity index (χ1n) is 10.2. The molecule has 0 saturated heterocycles. The molecule has 1 amide bonds. The number of benzene rings is 2. The number of carbonyl (C=O) groups excluding carboxylic acids is 1. The van der Waals surface area contributed by atoms with Crippen molar-refractivity contribution in [2.75, 3.05) is 0 Å². The molecule has 1 atom stereocenters. The second kappa shape index (κ2) is 8.82. The van der Waals surface area contributed by atoms with Gasteiger partial charge in [0.1, 0.15) is 10.7 Å². The predicted octanol–water partition coefficient (Wildman–Crippen LogP) is 5.39. The van der Waals surface area contributed by atoms with Crippen LogP contribution in [0.4, 0.5) is 13.2 Å². The molecule has 0 saturated carbocycles. The Morgan fingerprint density at radius 2 is 1.88 bits per heavy atom. The van der Waals surface area contributed by atoms with Crippen molar-refractivity contribution >= 4 is 27.5 Å². The zero-order valence-electron chi connectivity index (χ0n) is 17.8. The molecule has 4 rings (SSSR count). The van der Waals surface area contributed by atoms with Gasteiger partial charge in [-0.25, -0.2) is 4.98 Å². The van der Waals surface area contributed by atoms with E-state index in [1.165, 1.54) is 12.1 Å². The van der Waals surface area contributed by atoms with Crippen molar-refractivity contribution in [1.82, 2.24) is 15.3 Å². The number of hydrogen-bond acceptors (Lipinski definition) is 4. The number of thiophene rings is 1. The molecule has 0 radical (unpaired) electrons. The fraction of sp³-hybridized carbons (Fsp3) is 0.208. The molecule has 4 aromatic rings. The van der Waals surface area contributed by atoms with Crippen molar-refractivity contribution in [1.29, 1.82) is 0 Å². The molecule has 1 unspecified atom stereocenters. The van der Waals surface area contributed by atoms with Gasteiger partial charge in [-0.3, -0.25) is 9.59 Å². The number of rotatable bonds is 5. The van der Waals surface area contributed by atoms with Crippen LogP contribution in [0.1, 0.15) is 50.7 Å². The molecular weight excluding hydrogens is 451 g/mol. The summed E-state index contributed by atoms with van der Waals surface area (Å²) in [4.78, 5) is 33.7. The monoisotopic (exact) mass is 471 g/mol. The number of nitrogens with one attached hydrogen (secondary N) is 2. The highest BCUT2D eigenvalue weighted by Gasteiger charge is 2.31. The highest BCUT2D eigenvalue weighted by atomic mass is 32.1. The number of aryl methyl sites for hydroxylation is 1. The van der Waals surface area contributed by atoms with Crippen molar-refractivity contribution in [2.45, 2.75) is 32.5 Å². The van der Waals surface area contributed by atoms with Gasteiger partial charge in [0, 0.05) is 6.42 Å². The third kappa shape index (κ3) is 4.83. The lowest BCUT2D eigenvalue weighted by molar-refractivity contribution is -0.137. The largest absolute Gasteiger partial charge is 0.416 e. The standard InChI is InChI=1S/C24H20F3N3O2S/c1-13-19-21(31)29-18(11-15-7-4-3-5-8-15)30-23(19)33-20(13)22(32)28-14(2)16-9-6-10-17(12-16)24(25,26)27/h3-10,12,14H,11H2,1-2H3,(H,28,32)(H,29,30,31). The number of aromatic nitrogens is 2. The van der Waals surface area contributed by atoms with Gasteiger partial charge in [-0.2, -0.15) is 13.2 Å². The van der Waals surface area contributed by atoms with Crippen LogP contribution in [0, 0.1) is 6.92 Å². The van der Waals surface area contributed by atoms with Gasteiger partial charge in [-0.05, 0) is 42.7 Å². The Morgan fingerprint density at radius 1 is 1.15 bits per heavy atom. The van der Waals surface area contributed by atoms with Crippen LogP contribution >= 0.6 is 11.3 Å². The average Bonchev–Trinajstić information content (AvgIpc) is 3.10. The van der Waals surface area contributed by atoms with Crippen molar-refractivity contribution in [3.05, 3.63) is 97.9 Å². The van der Waals surface area contributed by atoms with Crippen molar-refractivity contribution in [3.8, 4) is 0 Å². The molecule has 0 aliphatic carbocycles. The van der Waals surface area contributed by atoms with Gasteiger partial charge in [0.15, 0.2) is 0 Å². The van der Waals surface area contributed by atoms with Crippen LogP contribution in [0.5, 0.6) is 0 Å². The first kappa shape index (κ1) is 22.7. The number of fused-ring (bicyclic) bond motifs is 1. The summed E-state index contributed by atoms with van der Waals surface area (Å²) in [6.07, 6.45) is -4.02. The number of hydrogen-bond donors (Lipinski definition) is 2. The first-order chi connectivity index (χ1) is 15.6. The van der Waals surface area contributed by atoms with Crippen LogP contribution in [0.3, 0.4) is 0 Å². The Balaban J connectivity index is 1.60. The van der Waals surface area contributed by atoms with Crippen LogP contribution in [0.2, 0.25) is 0 Å². The molecule has 170 valence electrons. The van der Waals surface area contributed by atoms with E-state index >= 15 is 0 Å². The highest BCUT2D eigenvalue weighted by Crippen LogP contribution is 2.31. The topological polar surface area (TPSA) is 74.8 Å². The van der Waals surface area contributed by atoms with Gasteiger partial charge in [-0.1, -0.05) is 42.5 Å². The molecule has 0 fully saturated rings. The summed E-state index contributed by atoms with van der Waals surface area (Å²) in [5, 5.41) is 3.07. The number of carbonyl (C=O) groups is 1. The molecule has 2 heterocycles. The third-order valence-electron chi connectivity index (χ3n) is 5.33. The number of alkyl halides is 3. The minimum atomic E-state index is -4.47.